The Bertz CT molecular complexity index is 153. The number of rotatable bonds is 3. The molecular formula is C9H17NO2. The van der Waals surface area contributed by atoms with E-state index < -0.39 is 0 Å². The number of carbonyl (C=O) groups excluding carboxylic acids is 1. The Morgan fingerprint density at radius 1 is 1.50 bits per heavy atom. The van der Waals surface area contributed by atoms with Gasteiger partial charge in [-0.1, -0.05) is 6.92 Å². The van der Waals surface area contributed by atoms with Crippen molar-refractivity contribution in [2.24, 2.45) is 5.92 Å². The fourth-order valence-corrected chi connectivity index (χ4v) is 1.46. The molecule has 0 aromatic carbocycles. The van der Waals surface area contributed by atoms with Gasteiger partial charge in [0.05, 0.1) is 0 Å². The first-order valence-electron chi connectivity index (χ1n) is 4.62. The van der Waals surface area contributed by atoms with Crippen molar-refractivity contribution in [3.8, 4) is 0 Å². The van der Waals surface area contributed by atoms with Crippen molar-refractivity contribution >= 4 is 5.91 Å². The molecule has 0 spiro atoms. The van der Waals surface area contributed by atoms with E-state index in [-0.39, 0.29) is 18.4 Å². The molecule has 0 radical (unpaired) electrons. The quantitative estimate of drug-likeness (QED) is 0.676. The molecule has 12 heavy (non-hydrogen) atoms. The van der Waals surface area contributed by atoms with Crippen molar-refractivity contribution in [3.05, 3.63) is 0 Å². The van der Waals surface area contributed by atoms with Crippen LogP contribution in [0.25, 0.3) is 0 Å². The zero-order valence-electron chi connectivity index (χ0n) is 7.62. The van der Waals surface area contributed by atoms with Crippen LogP contribution in [0.4, 0.5) is 0 Å². The standard InChI is InChI=1S/C9H17NO2/c1-8(7-11)6-9(12)10-4-2-3-5-10/h8,11H,2-7H2,1H3. The summed E-state index contributed by atoms with van der Waals surface area (Å²) in [7, 11) is 0. The van der Waals surface area contributed by atoms with E-state index in [2.05, 4.69) is 0 Å². The topological polar surface area (TPSA) is 40.5 Å². The molecule has 0 aliphatic carbocycles. The van der Waals surface area contributed by atoms with Crippen LogP contribution in [0.2, 0.25) is 0 Å². The van der Waals surface area contributed by atoms with E-state index in [1.807, 2.05) is 11.8 Å². The Kier molecular flexibility index (Phi) is 3.53. The highest BCUT2D eigenvalue weighted by molar-refractivity contribution is 5.76. The SMILES string of the molecule is CC(CO)CC(=O)N1CCCC1. The predicted octanol–water partition coefficient (Wildman–Crippen LogP) is 0.627. The van der Waals surface area contributed by atoms with Crippen LogP contribution in [0.1, 0.15) is 26.2 Å². The van der Waals surface area contributed by atoms with Crippen molar-refractivity contribution in [1.29, 1.82) is 0 Å². The summed E-state index contributed by atoms with van der Waals surface area (Å²) in [5.74, 6) is 0.312. The van der Waals surface area contributed by atoms with Crippen molar-refractivity contribution in [2.45, 2.75) is 26.2 Å². The first kappa shape index (κ1) is 9.52. The van der Waals surface area contributed by atoms with Crippen LogP contribution >= 0.6 is 0 Å². The minimum absolute atomic E-state index is 0.109. The van der Waals surface area contributed by atoms with Gasteiger partial charge in [-0.15, -0.1) is 0 Å². The number of hydrogen-bond acceptors (Lipinski definition) is 2. The fraction of sp³-hybridized carbons (Fsp3) is 0.889. The second-order valence-electron chi connectivity index (χ2n) is 3.58. The summed E-state index contributed by atoms with van der Waals surface area (Å²) in [6, 6.07) is 0. The Labute approximate surface area is 73.4 Å². The maximum Gasteiger partial charge on any atom is 0.222 e. The van der Waals surface area contributed by atoms with E-state index in [4.69, 9.17) is 5.11 Å². The third kappa shape index (κ3) is 2.48. The Morgan fingerprint density at radius 3 is 2.58 bits per heavy atom. The van der Waals surface area contributed by atoms with Gasteiger partial charge < -0.3 is 10.0 Å². The molecule has 1 heterocycles. The van der Waals surface area contributed by atoms with Gasteiger partial charge in [-0.2, -0.15) is 0 Å². The third-order valence-corrected chi connectivity index (χ3v) is 2.29. The number of likely N-dealkylation sites (tertiary alicyclic amines) is 1. The number of carbonyl (C=O) groups is 1. The zero-order valence-corrected chi connectivity index (χ0v) is 7.62. The van der Waals surface area contributed by atoms with Gasteiger partial charge in [0, 0.05) is 26.1 Å². The van der Waals surface area contributed by atoms with E-state index in [9.17, 15) is 4.79 Å². The van der Waals surface area contributed by atoms with Crippen LogP contribution in [0.3, 0.4) is 0 Å². The van der Waals surface area contributed by atoms with Crippen molar-refractivity contribution < 1.29 is 9.90 Å². The molecule has 1 atom stereocenters. The van der Waals surface area contributed by atoms with Gasteiger partial charge in [0.25, 0.3) is 0 Å². The maximum atomic E-state index is 11.4. The van der Waals surface area contributed by atoms with E-state index >= 15 is 0 Å². The van der Waals surface area contributed by atoms with Crippen molar-refractivity contribution in [3.63, 3.8) is 0 Å². The van der Waals surface area contributed by atoms with Crippen molar-refractivity contribution in [1.82, 2.24) is 4.90 Å². The van der Waals surface area contributed by atoms with Gasteiger partial charge >= 0.3 is 0 Å². The molecule has 1 unspecified atom stereocenters. The molecule has 1 aliphatic heterocycles. The van der Waals surface area contributed by atoms with Gasteiger partial charge in [0.2, 0.25) is 5.91 Å². The molecule has 3 heteroatoms. The van der Waals surface area contributed by atoms with Crippen LogP contribution in [0.5, 0.6) is 0 Å². The van der Waals surface area contributed by atoms with E-state index in [0.29, 0.717) is 6.42 Å². The first-order chi connectivity index (χ1) is 5.74. The molecule has 1 aliphatic rings. The lowest BCUT2D eigenvalue weighted by Gasteiger charge is -2.16. The number of nitrogens with zero attached hydrogens (tertiary/aromatic N) is 1. The molecule has 0 bridgehead atoms. The number of aliphatic hydroxyl groups excluding tert-OH is 1. The summed E-state index contributed by atoms with van der Waals surface area (Å²) in [4.78, 5) is 13.3. The Hall–Kier alpha value is -0.570. The number of hydrogen-bond donors (Lipinski definition) is 1. The average Bonchev–Trinajstić information content (AvgIpc) is 2.56. The molecule has 1 N–H and O–H groups in total. The molecule has 1 amide bonds. The molecule has 0 aromatic heterocycles. The fourth-order valence-electron chi connectivity index (χ4n) is 1.46. The van der Waals surface area contributed by atoms with Crippen LogP contribution < -0.4 is 0 Å². The highest BCUT2D eigenvalue weighted by atomic mass is 16.3. The summed E-state index contributed by atoms with van der Waals surface area (Å²) in [6.07, 6.45) is 2.77. The lowest BCUT2D eigenvalue weighted by molar-refractivity contribution is -0.131. The largest absolute Gasteiger partial charge is 0.396 e. The molecule has 3 nitrogen and oxygen atoms in total. The van der Waals surface area contributed by atoms with Crippen LogP contribution in [-0.2, 0) is 4.79 Å². The van der Waals surface area contributed by atoms with Crippen LogP contribution in [0.15, 0.2) is 0 Å². The Balaban J connectivity index is 2.27. The third-order valence-electron chi connectivity index (χ3n) is 2.29. The van der Waals surface area contributed by atoms with E-state index in [1.165, 1.54) is 0 Å². The highest BCUT2D eigenvalue weighted by Crippen LogP contribution is 2.11. The number of aliphatic hydroxyl groups is 1. The minimum atomic E-state index is 0.109. The summed E-state index contributed by atoms with van der Waals surface area (Å²) >= 11 is 0. The van der Waals surface area contributed by atoms with Gasteiger partial charge in [-0.25, -0.2) is 0 Å². The van der Waals surface area contributed by atoms with E-state index in [0.717, 1.165) is 25.9 Å². The first-order valence-corrected chi connectivity index (χ1v) is 4.62. The lowest BCUT2D eigenvalue weighted by atomic mass is 10.1. The van der Waals surface area contributed by atoms with Crippen LogP contribution in [0, 0.1) is 5.92 Å². The molecule has 0 saturated carbocycles. The highest BCUT2D eigenvalue weighted by Gasteiger charge is 2.19. The average molecular weight is 171 g/mol. The predicted molar refractivity (Wildman–Crippen MR) is 46.7 cm³/mol. The summed E-state index contributed by atoms with van der Waals surface area (Å²) in [5, 5.41) is 8.76. The summed E-state index contributed by atoms with van der Waals surface area (Å²) < 4.78 is 0. The van der Waals surface area contributed by atoms with Gasteiger partial charge in [-0.05, 0) is 18.8 Å². The van der Waals surface area contributed by atoms with Gasteiger partial charge in [0.1, 0.15) is 0 Å². The molecule has 70 valence electrons. The summed E-state index contributed by atoms with van der Waals surface area (Å²) in [5.41, 5.74) is 0. The zero-order chi connectivity index (χ0) is 8.97. The number of amides is 1. The lowest BCUT2D eigenvalue weighted by Crippen LogP contribution is -2.29. The molecular weight excluding hydrogens is 154 g/mol. The Morgan fingerprint density at radius 2 is 2.08 bits per heavy atom. The molecule has 0 aromatic rings. The maximum absolute atomic E-state index is 11.4. The minimum Gasteiger partial charge on any atom is -0.396 e. The second-order valence-corrected chi connectivity index (χ2v) is 3.58. The van der Waals surface area contributed by atoms with Gasteiger partial charge in [-0.3, -0.25) is 4.79 Å². The molecule has 1 rings (SSSR count). The smallest absolute Gasteiger partial charge is 0.222 e. The summed E-state index contributed by atoms with van der Waals surface area (Å²) in [6.45, 7) is 3.83. The second kappa shape index (κ2) is 4.45. The molecule has 1 fully saturated rings. The van der Waals surface area contributed by atoms with Crippen molar-refractivity contribution in [2.75, 3.05) is 19.7 Å². The van der Waals surface area contributed by atoms with E-state index in [1.54, 1.807) is 0 Å². The molecule has 1 saturated heterocycles. The normalized spacial score (nSPS) is 19.7. The van der Waals surface area contributed by atoms with Gasteiger partial charge in [0.15, 0.2) is 0 Å². The van der Waals surface area contributed by atoms with Crippen LogP contribution in [-0.4, -0.2) is 35.6 Å². The monoisotopic (exact) mass is 171 g/mol.